The second kappa shape index (κ2) is 30.2. The fourth-order valence-electron chi connectivity index (χ4n) is 15.1. The van der Waals surface area contributed by atoms with E-state index in [-0.39, 0.29) is 88.5 Å². The lowest BCUT2D eigenvalue weighted by Crippen LogP contribution is -2.68. The number of anilines is 3. The number of unbranched alkanes of at least 4 members (excludes halogenated alkanes) is 17. The van der Waals surface area contributed by atoms with Crippen LogP contribution in [0.4, 0.5) is 31.4 Å². The standard InChI is InChI=1S/C65H98N6O5/c1-5-6-7-8-9-10-11-12-13-14-15-16-17-18-19-20-21-31-44-76-59(72)41-38-48(2)54-39-40-55-60-56(47-58(65(54,55)4)71-63(75)68-52-36-29-24-30-37-52)64(3)43-42-53(69-61(73)66-50-32-25-22-26-33-50)45-49(64)46-57(60)70-62(74)67-51-34-27-23-28-35-51/h22-30,32-37,48-49,53-58,60H,5-21,31,38-47H2,1-4H3,(H2,66,69,73)(H2,67,70,74)(H2,68,71,75)/t48-,49+,53-,54-,55+,56+,57-,58+,60+,64+,65-/m1/s1. The van der Waals surface area contributed by atoms with Crippen molar-refractivity contribution in [2.45, 2.75) is 219 Å². The van der Waals surface area contributed by atoms with Gasteiger partial charge in [-0.15, -0.1) is 0 Å². The van der Waals surface area contributed by atoms with Crippen molar-refractivity contribution >= 4 is 41.1 Å². The number of benzene rings is 3. The number of esters is 1. The van der Waals surface area contributed by atoms with Crippen molar-refractivity contribution in [3.63, 3.8) is 0 Å². The molecule has 0 heterocycles. The van der Waals surface area contributed by atoms with E-state index in [1.165, 1.54) is 103 Å². The van der Waals surface area contributed by atoms with Gasteiger partial charge in [-0.1, -0.05) is 191 Å². The molecule has 76 heavy (non-hydrogen) atoms. The van der Waals surface area contributed by atoms with Gasteiger partial charge >= 0.3 is 24.1 Å². The predicted molar refractivity (Wildman–Crippen MR) is 311 cm³/mol. The van der Waals surface area contributed by atoms with Crippen molar-refractivity contribution in [3.05, 3.63) is 91.0 Å². The Kier molecular flexibility index (Phi) is 23.3. The van der Waals surface area contributed by atoms with Crippen LogP contribution < -0.4 is 31.9 Å². The number of urea groups is 3. The maximum atomic E-state index is 14.2. The first-order valence-corrected chi connectivity index (χ1v) is 30.5. The summed E-state index contributed by atoms with van der Waals surface area (Å²) in [6, 6.07) is 27.9. The summed E-state index contributed by atoms with van der Waals surface area (Å²) >= 11 is 0. The molecule has 6 amide bonds. The number of hydrogen-bond acceptors (Lipinski definition) is 5. The van der Waals surface area contributed by atoms with Crippen molar-refractivity contribution in [1.29, 1.82) is 0 Å². The third kappa shape index (κ3) is 16.7. The fraction of sp³-hybridized carbons (Fsp3) is 0.662. The van der Waals surface area contributed by atoms with Crippen LogP contribution in [-0.4, -0.2) is 48.8 Å². The molecule has 4 saturated carbocycles. The van der Waals surface area contributed by atoms with E-state index in [0.29, 0.717) is 13.0 Å². The van der Waals surface area contributed by atoms with Gasteiger partial charge in [0.15, 0.2) is 0 Å². The van der Waals surface area contributed by atoms with Gasteiger partial charge in [0.2, 0.25) is 0 Å². The molecule has 0 unspecified atom stereocenters. The summed E-state index contributed by atoms with van der Waals surface area (Å²) < 4.78 is 5.85. The second-order valence-electron chi connectivity index (χ2n) is 24.3. The molecule has 4 aliphatic rings. The highest BCUT2D eigenvalue weighted by molar-refractivity contribution is 5.90. The molecule has 11 heteroatoms. The molecule has 0 radical (unpaired) electrons. The van der Waals surface area contributed by atoms with Crippen molar-refractivity contribution < 1.29 is 23.9 Å². The number of carbonyl (C=O) groups is 4. The van der Waals surface area contributed by atoms with Crippen molar-refractivity contribution in [2.24, 2.45) is 46.3 Å². The monoisotopic (exact) mass is 1040 g/mol. The number of carbonyl (C=O) groups excluding carboxylic acids is 4. The maximum Gasteiger partial charge on any atom is 0.319 e. The van der Waals surface area contributed by atoms with Gasteiger partial charge in [0.05, 0.1) is 6.61 Å². The summed E-state index contributed by atoms with van der Waals surface area (Å²) in [5.41, 5.74) is 1.86. The Hall–Kier alpha value is -5.06. The zero-order valence-corrected chi connectivity index (χ0v) is 47.2. The van der Waals surface area contributed by atoms with Crippen LogP contribution in [0.25, 0.3) is 0 Å². The summed E-state index contributed by atoms with van der Waals surface area (Å²) in [6.45, 7) is 9.95. The number of rotatable bonds is 29. The molecular weight excluding hydrogens is 945 g/mol. The van der Waals surface area contributed by atoms with Crippen LogP contribution in [0.2, 0.25) is 0 Å². The quantitative estimate of drug-likeness (QED) is 0.0302. The zero-order valence-electron chi connectivity index (χ0n) is 47.2. The third-order valence-corrected chi connectivity index (χ3v) is 19.2. The van der Waals surface area contributed by atoms with E-state index in [1.54, 1.807) is 0 Å². The summed E-state index contributed by atoms with van der Waals surface area (Å²) in [5, 5.41) is 19.7. The first-order chi connectivity index (χ1) is 37.0. The van der Waals surface area contributed by atoms with E-state index < -0.39 is 0 Å². The molecule has 7 rings (SSSR count). The topological polar surface area (TPSA) is 150 Å². The van der Waals surface area contributed by atoms with Gasteiger partial charge in [-0.3, -0.25) is 4.79 Å². The number of amides is 6. The van der Waals surface area contributed by atoms with Crippen LogP contribution in [0.1, 0.15) is 201 Å². The number of hydrogen-bond donors (Lipinski definition) is 6. The largest absolute Gasteiger partial charge is 0.466 e. The van der Waals surface area contributed by atoms with E-state index in [4.69, 9.17) is 4.74 Å². The van der Waals surface area contributed by atoms with Crippen molar-refractivity contribution in [2.75, 3.05) is 22.6 Å². The van der Waals surface area contributed by atoms with Crippen molar-refractivity contribution in [1.82, 2.24) is 16.0 Å². The Balaban J connectivity index is 0.948. The van der Waals surface area contributed by atoms with Crippen LogP contribution in [0.5, 0.6) is 0 Å². The number of ether oxygens (including phenoxy) is 1. The predicted octanol–water partition coefficient (Wildman–Crippen LogP) is 16.4. The van der Waals surface area contributed by atoms with E-state index in [9.17, 15) is 19.2 Å². The normalized spacial score (nSPS) is 26.9. The average molecular weight is 1040 g/mol. The summed E-state index contributed by atoms with van der Waals surface area (Å²) in [6.07, 6.45) is 31.2. The maximum absolute atomic E-state index is 14.2. The lowest BCUT2D eigenvalue weighted by atomic mass is 9.42. The number of para-hydroxylation sites is 3. The Morgan fingerprint density at radius 3 is 1.54 bits per heavy atom. The number of nitrogens with one attached hydrogen (secondary N) is 6. The van der Waals surface area contributed by atoms with E-state index in [2.05, 4.69) is 59.6 Å². The highest BCUT2D eigenvalue weighted by Gasteiger charge is 2.66. The molecule has 3 aromatic rings. The Morgan fingerprint density at radius 2 is 1.03 bits per heavy atom. The molecule has 3 aromatic carbocycles. The highest BCUT2D eigenvalue weighted by Crippen LogP contribution is 2.68. The van der Waals surface area contributed by atoms with Gasteiger partial charge in [-0.25, -0.2) is 14.4 Å². The first kappa shape index (κ1) is 58.6. The van der Waals surface area contributed by atoms with E-state index in [0.717, 1.165) is 81.3 Å². The molecule has 4 aliphatic carbocycles. The van der Waals surface area contributed by atoms with E-state index in [1.807, 2.05) is 91.0 Å². The lowest BCUT2D eigenvalue weighted by molar-refractivity contribution is -0.145. The molecule has 0 spiro atoms. The van der Waals surface area contributed by atoms with Gasteiger partial charge in [-0.05, 0) is 141 Å². The first-order valence-electron chi connectivity index (χ1n) is 30.5. The zero-order chi connectivity index (χ0) is 53.6. The lowest BCUT2D eigenvalue weighted by Gasteiger charge is -2.65. The molecule has 0 aromatic heterocycles. The van der Waals surface area contributed by atoms with Gasteiger partial charge in [0, 0.05) is 41.6 Å². The van der Waals surface area contributed by atoms with Gasteiger partial charge in [0.1, 0.15) is 0 Å². The molecule has 0 aliphatic heterocycles. The van der Waals surface area contributed by atoms with Crippen LogP contribution >= 0.6 is 0 Å². The van der Waals surface area contributed by atoms with Gasteiger partial charge in [-0.2, -0.15) is 0 Å². The smallest absolute Gasteiger partial charge is 0.319 e. The molecule has 11 atom stereocenters. The summed E-state index contributed by atoms with van der Waals surface area (Å²) in [4.78, 5) is 55.0. The summed E-state index contributed by atoms with van der Waals surface area (Å²) in [5.74, 6) is 1.17. The second-order valence-corrected chi connectivity index (χ2v) is 24.3. The molecular formula is C65H98N6O5. The van der Waals surface area contributed by atoms with Crippen LogP contribution in [0.15, 0.2) is 91.0 Å². The Bertz CT molecular complexity index is 2200. The average Bonchev–Trinajstić information content (AvgIpc) is 3.78. The van der Waals surface area contributed by atoms with Crippen LogP contribution in [0.3, 0.4) is 0 Å². The molecule has 4 fully saturated rings. The number of fused-ring (bicyclic) bond motifs is 5. The Labute approximate surface area is 458 Å². The van der Waals surface area contributed by atoms with E-state index >= 15 is 0 Å². The fourth-order valence-corrected chi connectivity index (χ4v) is 15.1. The van der Waals surface area contributed by atoms with Gasteiger partial charge in [0.25, 0.3) is 0 Å². The van der Waals surface area contributed by atoms with Crippen LogP contribution in [-0.2, 0) is 9.53 Å². The summed E-state index contributed by atoms with van der Waals surface area (Å²) in [7, 11) is 0. The third-order valence-electron chi connectivity index (χ3n) is 19.2. The van der Waals surface area contributed by atoms with Crippen molar-refractivity contribution in [3.8, 4) is 0 Å². The van der Waals surface area contributed by atoms with Gasteiger partial charge < -0.3 is 36.6 Å². The SMILES string of the molecule is CCCCCCCCCCCCCCCCCCCCOC(=O)CC[C@@H](C)[C@H]1CC[C@H]2[C@@H]3[C@H](NC(=O)Nc4ccccc4)C[C@@H]4C[C@H](NC(=O)Nc5ccccc5)CC[C@]4(C)[C@H]3C[C@H](NC(=O)Nc3ccccc3)[C@]12C. The Morgan fingerprint density at radius 1 is 0.553 bits per heavy atom. The molecule has 11 nitrogen and oxygen atoms in total. The van der Waals surface area contributed by atoms with Crippen LogP contribution in [0, 0.1) is 46.3 Å². The minimum absolute atomic E-state index is 0.0105. The minimum atomic E-state index is -0.307. The highest BCUT2D eigenvalue weighted by atomic mass is 16.5. The molecule has 0 bridgehead atoms. The molecule has 6 N–H and O–H groups in total. The minimum Gasteiger partial charge on any atom is -0.466 e. The molecule has 418 valence electrons. The molecule has 0 saturated heterocycles.